The van der Waals surface area contributed by atoms with Crippen LogP contribution in [0.15, 0.2) is 18.5 Å². The minimum absolute atomic E-state index is 0.0582. The molecule has 94 valence electrons. The maximum Gasteiger partial charge on any atom is 0.135 e. The van der Waals surface area contributed by atoms with E-state index >= 15 is 0 Å². The van der Waals surface area contributed by atoms with E-state index in [1.165, 1.54) is 12.4 Å². The van der Waals surface area contributed by atoms with Gasteiger partial charge in [0.2, 0.25) is 0 Å². The molecule has 0 aliphatic carbocycles. The van der Waals surface area contributed by atoms with Crippen LogP contribution in [0, 0.1) is 5.82 Å². The molecule has 0 saturated carbocycles. The minimum atomic E-state index is -0.597. The molecule has 0 amide bonds. The molecular formula is C12H9Cl2FN2O. The Labute approximate surface area is 113 Å². The van der Waals surface area contributed by atoms with Crippen molar-refractivity contribution in [2.45, 2.75) is 13.3 Å². The van der Waals surface area contributed by atoms with E-state index in [0.717, 1.165) is 6.07 Å². The molecule has 1 N–H and O–H groups in total. The van der Waals surface area contributed by atoms with Crippen LogP contribution in [0.4, 0.5) is 4.39 Å². The molecule has 0 bridgehead atoms. The number of nitrogens with zero attached hydrogens (tertiary/aromatic N) is 2. The van der Waals surface area contributed by atoms with E-state index in [1.54, 1.807) is 0 Å². The van der Waals surface area contributed by atoms with E-state index in [4.69, 9.17) is 23.2 Å². The summed E-state index contributed by atoms with van der Waals surface area (Å²) in [6.07, 6.45) is 1.92. The molecule has 0 unspecified atom stereocenters. The zero-order chi connectivity index (χ0) is 13.3. The average Bonchev–Trinajstić information content (AvgIpc) is 2.34. The maximum absolute atomic E-state index is 13.8. The van der Waals surface area contributed by atoms with Crippen molar-refractivity contribution in [3.05, 3.63) is 40.0 Å². The van der Waals surface area contributed by atoms with Gasteiger partial charge in [0.1, 0.15) is 17.9 Å². The molecular weight excluding hydrogens is 278 g/mol. The van der Waals surface area contributed by atoms with Gasteiger partial charge in [-0.1, -0.05) is 30.1 Å². The van der Waals surface area contributed by atoms with Crippen LogP contribution in [0.25, 0.3) is 11.3 Å². The van der Waals surface area contributed by atoms with Gasteiger partial charge in [-0.05, 0) is 18.6 Å². The van der Waals surface area contributed by atoms with Crippen molar-refractivity contribution < 1.29 is 9.50 Å². The number of phenols is 1. The molecule has 0 atom stereocenters. The lowest BCUT2D eigenvalue weighted by molar-refractivity contribution is 0.474. The molecule has 0 radical (unpaired) electrons. The number of hydrogen-bond acceptors (Lipinski definition) is 3. The van der Waals surface area contributed by atoms with Crippen LogP contribution in [-0.4, -0.2) is 15.1 Å². The van der Waals surface area contributed by atoms with Crippen LogP contribution in [0.2, 0.25) is 10.0 Å². The Bertz CT molecular complexity index is 605. The third-order valence-electron chi connectivity index (χ3n) is 2.49. The Balaban J connectivity index is 2.66. The lowest BCUT2D eigenvalue weighted by Gasteiger charge is -2.08. The lowest BCUT2D eigenvalue weighted by Crippen LogP contribution is -1.96. The molecule has 0 spiro atoms. The number of halogens is 3. The summed E-state index contributed by atoms with van der Waals surface area (Å²) in [6.45, 7) is 1.88. The summed E-state index contributed by atoms with van der Waals surface area (Å²) in [5.74, 6) is -0.818. The lowest BCUT2D eigenvalue weighted by atomic mass is 10.1. The molecule has 0 saturated heterocycles. The van der Waals surface area contributed by atoms with Crippen molar-refractivity contribution in [1.29, 1.82) is 0 Å². The Morgan fingerprint density at radius 3 is 2.67 bits per heavy atom. The van der Waals surface area contributed by atoms with Crippen LogP contribution in [0.1, 0.15) is 12.6 Å². The summed E-state index contributed by atoms with van der Waals surface area (Å²) >= 11 is 11.7. The Morgan fingerprint density at radius 2 is 2.00 bits per heavy atom. The first kappa shape index (κ1) is 13.1. The molecule has 1 aromatic carbocycles. The van der Waals surface area contributed by atoms with Gasteiger partial charge in [-0.2, -0.15) is 0 Å². The predicted octanol–water partition coefficient (Wildman–Crippen LogP) is 3.86. The summed E-state index contributed by atoms with van der Waals surface area (Å²) in [6, 6.07) is 2.22. The molecule has 1 aromatic heterocycles. The van der Waals surface area contributed by atoms with Gasteiger partial charge in [-0.3, -0.25) is 0 Å². The number of aromatic nitrogens is 2. The van der Waals surface area contributed by atoms with E-state index in [0.29, 0.717) is 12.1 Å². The zero-order valence-corrected chi connectivity index (χ0v) is 10.9. The monoisotopic (exact) mass is 286 g/mol. The van der Waals surface area contributed by atoms with Crippen molar-refractivity contribution in [2.24, 2.45) is 0 Å². The highest BCUT2D eigenvalue weighted by molar-refractivity contribution is 6.34. The molecule has 0 aliphatic heterocycles. The van der Waals surface area contributed by atoms with Crippen LogP contribution >= 0.6 is 23.2 Å². The Kier molecular flexibility index (Phi) is 3.68. The van der Waals surface area contributed by atoms with E-state index in [2.05, 4.69) is 9.97 Å². The third kappa shape index (κ3) is 2.26. The standard InChI is InChI=1S/C12H9Cl2FN2O/c1-2-9-11(14)12(17-5-16-9)6-3-10(18)7(13)4-8(6)15/h3-5,18H,2H2,1H3. The number of phenolic OH excluding ortho intramolecular Hbond substituents is 1. The van der Waals surface area contributed by atoms with Crippen molar-refractivity contribution in [1.82, 2.24) is 9.97 Å². The van der Waals surface area contributed by atoms with E-state index in [9.17, 15) is 9.50 Å². The van der Waals surface area contributed by atoms with Crippen molar-refractivity contribution in [2.75, 3.05) is 0 Å². The Hall–Kier alpha value is -1.39. The summed E-state index contributed by atoms with van der Waals surface area (Å²) in [7, 11) is 0. The largest absolute Gasteiger partial charge is 0.506 e. The zero-order valence-electron chi connectivity index (χ0n) is 9.41. The normalized spacial score (nSPS) is 10.7. The van der Waals surface area contributed by atoms with E-state index in [1.807, 2.05) is 6.92 Å². The average molecular weight is 287 g/mol. The molecule has 6 heteroatoms. The summed E-state index contributed by atoms with van der Waals surface area (Å²) < 4.78 is 13.8. The predicted molar refractivity (Wildman–Crippen MR) is 68.5 cm³/mol. The second kappa shape index (κ2) is 5.08. The minimum Gasteiger partial charge on any atom is -0.506 e. The molecule has 0 fully saturated rings. The van der Waals surface area contributed by atoms with Crippen LogP contribution in [-0.2, 0) is 6.42 Å². The fourth-order valence-electron chi connectivity index (χ4n) is 1.56. The van der Waals surface area contributed by atoms with Gasteiger partial charge in [0, 0.05) is 5.56 Å². The van der Waals surface area contributed by atoms with Crippen LogP contribution in [0.5, 0.6) is 5.75 Å². The van der Waals surface area contributed by atoms with Crippen LogP contribution in [0.3, 0.4) is 0 Å². The molecule has 0 aliphatic rings. The van der Waals surface area contributed by atoms with Crippen LogP contribution < -0.4 is 0 Å². The topological polar surface area (TPSA) is 46.0 Å². The smallest absolute Gasteiger partial charge is 0.135 e. The first-order valence-electron chi connectivity index (χ1n) is 5.22. The Morgan fingerprint density at radius 1 is 1.28 bits per heavy atom. The molecule has 1 heterocycles. The number of hydrogen-bond donors (Lipinski definition) is 1. The van der Waals surface area contributed by atoms with Gasteiger partial charge in [0.15, 0.2) is 0 Å². The highest BCUT2D eigenvalue weighted by Crippen LogP contribution is 2.35. The van der Waals surface area contributed by atoms with Gasteiger partial charge in [-0.25, -0.2) is 14.4 Å². The third-order valence-corrected chi connectivity index (χ3v) is 3.19. The summed E-state index contributed by atoms with van der Waals surface area (Å²) in [4.78, 5) is 7.95. The second-order valence-corrected chi connectivity index (χ2v) is 4.41. The number of rotatable bonds is 2. The quantitative estimate of drug-likeness (QED) is 0.912. The van der Waals surface area contributed by atoms with E-state index < -0.39 is 5.82 Å². The molecule has 2 aromatic rings. The van der Waals surface area contributed by atoms with Gasteiger partial charge in [-0.15, -0.1) is 0 Å². The number of aromatic hydroxyl groups is 1. The maximum atomic E-state index is 13.8. The second-order valence-electron chi connectivity index (χ2n) is 3.62. The van der Waals surface area contributed by atoms with Gasteiger partial charge in [0.05, 0.1) is 21.4 Å². The van der Waals surface area contributed by atoms with E-state index in [-0.39, 0.29) is 27.1 Å². The summed E-state index contributed by atoms with van der Waals surface area (Å²) in [5, 5.41) is 9.74. The highest BCUT2D eigenvalue weighted by atomic mass is 35.5. The van der Waals surface area contributed by atoms with Gasteiger partial charge >= 0.3 is 0 Å². The first-order chi connectivity index (χ1) is 8.54. The summed E-state index contributed by atoms with van der Waals surface area (Å²) in [5.41, 5.74) is 0.961. The SMILES string of the molecule is CCc1ncnc(-c2cc(O)c(Cl)cc2F)c1Cl. The first-order valence-corrected chi connectivity index (χ1v) is 5.98. The fourth-order valence-corrected chi connectivity index (χ4v) is 2.04. The van der Waals surface area contributed by atoms with Gasteiger partial charge in [0.25, 0.3) is 0 Å². The fraction of sp³-hybridized carbons (Fsp3) is 0.167. The molecule has 3 nitrogen and oxygen atoms in total. The van der Waals surface area contributed by atoms with Crippen molar-refractivity contribution >= 4 is 23.2 Å². The highest BCUT2D eigenvalue weighted by Gasteiger charge is 2.16. The van der Waals surface area contributed by atoms with Crippen molar-refractivity contribution in [3.63, 3.8) is 0 Å². The van der Waals surface area contributed by atoms with Crippen molar-refractivity contribution in [3.8, 4) is 17.0 Å². The molecule has 2 rings (SSSR count). The van der Waals surface area contributed by atoms with Gasteiger partial charge < -0.3 is 5.11 Å². The molecule has 18 heavy (non-hydrogen) atoms. The number of aryl methyl sites for hydroxylation is 1. The number of benzene rings is 1.